The minimum atomic E-state index is -3.88. The Morgan fingerprint density at radius 2 is 1.00 bits per heavy atom. The van der Waals surface area contributed by atoms with Gasteiger partial charge in [0.15, 0.2) is 0 Å². The van der Waals surface area contributed by atoms with Gasteiger partial charge in [-0.25, -0.2) is 0 Å². The molecule has 0 aromatic heterocycles. The van der Waals surface area contributed by atoms with Crippen LogP contribution in [0.5, 0.6) is 0 Å². The summed E-state index contributed by atoms with van der Waals surface area (Å²) in [6.07, 6.45) is 0. The molecule has 0 atom stereocenters. The summed E-state index contributed by atoms with van der Waals surface area (Å²) >= 11 is 0. The third-order valence-corrected chi connectivity index (χ3v) is 0. The zero-order chi connectivity index (χ0) is 7.15. The van der Waals surface area contributed by atoms with Crippen molar-refractivity contribution in [2.24, 2.45) is 0 Å². The van der Waals surface area contributed by atoms with Gasteiger partial charge >= 0.3 is 35.6 Å². The second-order valence-corrected chi connectivity index (χ2v) is 1.43. The average Bonchev–Trinajstić information content (AvgIpc) is 1.25. The van der Waals surface area contributed by atoms with Crippen LogP contribution in [0.1, 0.15) is 0 Å². The maximum Gasteiger partial charge on any atom is 2.00 e. The number of rotatable bonds is 0. The summed E-state index contributed by atoms with van der Waals surface area (Å²) < 4.78 is 36.8. The molecule has 0 spiro atoms. The normalized spacial score (nSPS) is 5.56. The molecule has 0 saturated carbocycles. The van der Waals surface area contributed by atoms with E-state index in [1.165, 1.54) is 0 Å². The molecule has 0 amide bonds. The molecule has 0 fully saturated rings. The van der Waals surface area contributed by atoms with Gasteiger partial charge in [-0.15, -0.1) is 0 Å². The van der Waals surface area contributed by atoms with Crippen molar-refractivity contribution in [2.75, 3.05) is 0 Å². The van der Waals surface area contributed by atoms with Crippen molar-refractivity contribution >= 4 is 18.5 Å². The topological polar surface area (TPSA) is 80.3 Å². The summed E-state index contributed by atoms with van der Waals surface area (Å²) in [6, 6.07) is 0. The van der Waals surface area contributed by atoms with Crippen LogP contribution in [-0.2, 0) is 26.0 Å². The van der Waals surface area contributed by atoms with Crippen LogP contribution >= 0.6 is 0 Å². The molecule has 0 unspecified atom stereocenters. The molecular weight excluding hydrogens is 214 g/mol. The van der Waals surface area contributed by atoms with Gasteiger partial charge in [-0.05, 0) is 0 Å². The van der Waals surface area contributed by atoms with Crippen LogP contribution < -0.4 is 9.59 Å². The molecule has 0 saturated heterocycles. The fourth-order valence-electron chi connectivity index (χ4n) is 0. The smallest absolute Gasteiger partial charge is 0.560 e. The van der Waals surface area contributed by atoms with Crippen molar-refractivity contribution in [3.63, 3.8) is 0 Å². The molecule has 0 radical (unpaired) electrons. The third-order valence-electron chi connectivity index (χ3n) is 0. The Labute approximate surface area is 62.9 Å². The largest absolute Gasteiger partial charge is 2.00 e. The van der Waals surface area contributed by atoms with Gasteiger partial charge in [-0.2, -0.15) is 0 Å². The van der Waals surface area contributed by atoms with E-state index in [1.807, 2.05) is 0 Å². The molecule has 0 N–H and O–H groups in total. The maximum absolute atomic E-state index is 9.99. The van der Waals surface area contributed by atoms with E-state index in [1.54, 1.807) is 0 Å². The van der Waals surface area contributed by atoms with Gasteiger partial charge in [0.1, 0.15) is 0 Å². The predicted molar refractivity (Wildman–Crippen MR) is 15.1 cm³/mol. The van der Waals surface area contributed by atoms with Gasteiger partial charge in [-0.3, -0.25) is 8.22 Å². The van der Waals surface area contributed by atoms with Gasteiger partial charge in [0.2, 0.25) is 0 Å². The minimum absolute atomic E-state index is 0. The monoisotopic (exact) mass is 214 g/mol. The second kappa shape index (κ2) is 10.9. The fourth-order valence-corrected chi connectivity index (χ4v) is 0. The van der Waals surface area contributed by atoms with Crippen LogP contribution in [-0.4, -0.2) is 18.5 Å². The molecular formula is F2FeO4Si2. The van der Waals surface area contributed by atoms with Gasteiger partial charge in [-0.1, -0.05) is 0 Å². The van der Waals surface area contributed by atoms with Crippen LogP contribution in [0.25, 0.3) is 0 Å². The molecule has 9 heteroatoms. The standard InChI is InChI=1S/2FO2Si.Fe/c2*1-4(2)3;/q2*-1;+2. The molecule has 4 nitrogen and oxygen atoms in total. The summed E-state index contributed by atoms with van der Waals surface area (Å²) in [7, 11) is -7.76. The Kier molecular flexibility index (Phi) is 19.4. The third kappa shape index (κ3) is 1650000. The second-order valence-electron chi connectivity index (χ2n) is 0.475. The predicted octanol–water partition coefficient (Wildman–Crippen LogP) is -2.54. The van der Waals surface area contributed by atoms with Gasteiger partial charge in [0.05, 0.1) is 0 Å². The molecule has 0 bridgehead atoms. The van der Waals surface area contributed by atoms with Crippen molar-refractivity contribution in [1.29, 1.82) is 0 Å². The van der Waals surface area contributed by atoms with Crippen LogP contribution in [0.3, 0.4) is 0 Å². The molecule has 0 aliphatic carbocycles. The fraction of sp³-hybridized carbons (Fsp3) is 0. The van der Waals surface area contributed by atoms with E-state index in [2.05, 4.69) is 0 Å². The maximum atomic E-state index is 9.99. The Hall–Kier alpha value is 0.0132. The van der Waals surface area contributed by atoms with Crippen molar-refractivity contribution in [1.82, 2.24) is 0 Å². The first-order valence-corrected chi connectivity index (χ1v) is 3.58. The Balaban J connectivity index is -0.0000000720. The zero-order valence-electron chi connectivity index (χ0n) is 3.74. The van der Waals surface area contributed by atoms with Crippen LogP contribution in [0.15, 0.2) is 0 Å². The van der Waals surface area contributed by atoms with E-state index in [4.69, 9.17) is 18.5 Å². The first-order valence-electron chi connectivity index (χ1n) is 1.19. The van der Waals surface area contributed by atoms with Crippen LogP contribution in [0.4, 0.5) is 8.22 Å². The quantitative estimate of drug-likeness (QED) is 0.328. The average molecular weight is 214 g/mol. The first-order chi connectivity index (χ1) is 3.46. The van der Waals surface area contributed by atoms with E-state index in [9.17, 15) is 8.22 Å². The summed E-state index contributed by atoms with van der Waals surface area (Å²) in [6.45, 7) is 0. The zero-order valence-corrected chi connectivity index (χ0v) is 6.85. The molecule has 0 aromatic carbocycles. The van der Waals surface area contributed by atoms with E-state index in [-0.39, 0.29) is 17.1 Å². The first kappa shape index (κ1) is 16.0. The van der Waals surface area contributed by atoms with E-state index in [0.717, 1.165) is 0 Å². The van der Waals surface area contributed by atoms with Gasteiger partial charge in [0.25, 0.3) is 0 Å². The number of halogens is 2. The SMILES string of the molecule is O=[Si]([O-])F.O=[Si]([O-])F.[Fe+2]. The summed E-state index contributed by atoms with van der Waals surface area (Å²) in [5.41, 5.74) is 0. The summed E-state index contributed by atoms with van der Waals surface area (Å²) in [5.74, 6) is 0. The Morgan fingerprint density at radius 3 is 1.00 bits per heavy atom. The van der Waals surface area contributed by atoms with Crippen LogP contribution in [0.2, 0.25) is 0 Å². The van der Waals surface area contributed by atoms with Crippen molar-refractivity contribution in [3.05, 3.63) is 0 Å². The number of hydrogen-bond acceptors (Lipinski definition) is 4. The molecule has 0 heterocycles. The molecule has 0 aromatic rings. The molecule has 54 valence electrons. The Bertz CT molecular complexity index is 74.6. The van der Waals surface area contributed by atoms with Crippen LogP contribution in [0, 0.1) is 0 Å². The minimum Gasteiger partial charge on any atom is -0.560 e. The van der Waals surface area contributed by atoms with Gasteiger partial charge < -0.3 is 18.5 Å². The van der Waals surface area contributed by atoms with E-state index in [0.29, 0.717) is 0 Å². The van der Waals surface area contributed by atoms with Crippen molar-refractivity contribution in [3.8, 4) is 0 Å². The Morgan fingerprint density at radius 1 is 1.00 bits per heavy atom. The van der Waals surface area contributed by atoms with E-state index >= 15 is 0 Å². The summed E-state index contributed by atoms with van der Waals surface area (Å²) in [4.78, 5) is 16.8. The number of hydrogen-bond donors (Lipinski definition) is 0. The van der Waals surface area contributed by atoms with E-state index < -0.39 is 18.5 Å². The molecule has 0 aliphatic heterocycles. The van der Waals surface area contributed by atoms with Gasteiger partial charge in [0, 0.05) is 0 Å². The molecule has 9 heavy (non-hydrogen) atoms. The van der Waals surface area contributed by atoms with Crippen molar-refractivity contribution in [2.45, 2.75) is 0 Å². The molecule has 0 aliphatic rings. The summed E-state index contributed by atoms with van der Waals surface area (Å²) in [5, 5.41) is 0. The molecule has 0 rings (SSSR count). The van der Waals surface area contributed by atoms with Crippen molar-refractivity contribution < 1.29 is 43.8 Å².